The van der Waals surface area contributed by atoms with Gasteiger partial charge in [0, 0.05) is 18.2 Å². The molecular weight excluding hydrogens is 559 g/mol. The van der Waals surface area contributed by atoms with Crippen molar-refractivity contribution in [3.05, 3.63) is 62.6 Å². The summed E-state index contributed by atoms with van der Waals surface area (Å²) in [6.45, 7) is 1.33. The third-order valence-electron chi connectivity index (χ3n) is 4.45. The highest BCUT2D eigenvalue weighted by Gasteiger charge is 2.38. The van der Waals surface area contributed by atoms with E-state index in [1.807, 2.05) is 4.72 Å². The minimum atomic E-state index is -5.08. The van der Waals surface area contributed by atoms with Crippen LogP contribution in [0.5, 0.6) is 0 Å². The largest absolute Gasteiger partial charge is 0.490 e. The zero-order valence-electron chi connectivity index (χ0n) is 19.8. The smallest absolute Gasteiger partial charge is 0.475 e. The first-order valence-corrected chi connectivity index (χ1v) is 11.7. The maximum absolute atomic E-state index is 13.0. The van der Waals surface area contributed by atoms with E-state index >= 15 is 0 Å². The Balaban J connectivity index is 0.000000956. The van der Waals surface area contributed by atoms with Crippen LogP contribution in [0, 0.1) is 17.0 Å². The Hall–Kier alpha value is -4.88. The quantitative estimate of drug-likeness (QED) is 0.0826. The standard InChI is InChI=1S/C17H21N7O7S.C2HF3O2/c1-10-6-7-11(22-32(29,30)14-5-3-2-4-12(14)24(27)28)16(26)23(10)13(15(18)25)8-9-31-21-17(19)20;3-2(4,5)1(6)7/h2-7,13,22H,8-9H2,1H3,(H2,18,25)(H4,19,20,21);(H,6,7). The van der Waals surface area contributed by atoms with Gasteiger partial charge in [-0.3, -0.25) is 29.0 Å². The summed E-state index contributed by atoms with van der Waals surface area (Å²) >= 11 is 0. The van der Waals surface area contributed by atoms with Crippen LogP contribution in [0.4, 0.5) is 24.5 Å². The number of amides is 1. The molecule has 39 heavy (non-hydrogen) atoms. The number of hydrogen-bond donors (Lipinski definition) is 5. The number of carboxylic acids is 1. The summed E-state index contributed by atoms with van der Waals surface area (Å²) in [6.07, 6.45) is -5.19. The molecule has 1 aromatic heterocycles. The number of nitrogens with zero attached hydrogens (tertiary/aromatic N) is 3. The normalized spacial score (nSPS) is 11.8. The molecule has 214 valence electrons. The van der Waals surface area contributed by atoms with Crippen molar-refractivity contribution in [2.75, 3.05) is 11.3 Å². The van der Waals surface area contributed by atoms with Gasteiger partial charge in [0.15, 0.2) is 4.90 Å². The van der Waals surface area contributed by atoms with Crippen LogP contribution < -0.4 is 27.5 Å². The molecule has 0 bridgehead atoms. The number of anilines is 1. The van der Waals surface area contributed by atoms with E-state index in [4.69, 9.17) is 31.9 Å². The lowest BCUT2D eigenvalue weighted by molar-refractivity contribution is -0.387. The molecule has 0 saturated carbocycles. The Bertz CT molecular complexity index is 1420. The molecule has 20 heteroatoms. The van der Waals surface area contributed by atoms with Crippen molar-refractivity contribution >= 4 is 39.2 Å². The molecule has 1 amide bonds. The number of nitro benzene ring substituents is 1. The first-order chi connectivity index (χ1) is 17.9. The monoisotopic (exact) mass is 581 g/mol. The van der Waals surface area contributed by atoms with Crippen LogP contribution >= 0.6 is 0 Å². The topological polar surface area (TPSA) is 265 Å². The second-order valence-corrected chi connectivity index (χ2v) is 8.90. The van der Waals surface area contributed by atoms with Gasteiger partial charge in [-0.15, -0.1) is 0 Å². The second-order valence-electron chi connectivity index (χ2n) is 7.25. The van der Waals surface area contributed by atoms with Gasteiger partial charge in [0.1, 0.15) is 18.3 Å². The fourth-order valence-electron chi connectivity index (χ4n) is 2.83. The maximum Gasteiger partial charge on any atom is 0.490 e. The highest BCUT2D eigenvalue weighted by molar-refractivity contribution is 7.92. The van der Waals surface area contributed by atoms with Crippen LogP contribution in [-0.4, -0.2) is 53.6 Å². The highest BCUT2D eigenvalue weighted by Crippen LogP contribution is 2.25. The molecule has 1 heterocycles. The van der Waals surface area contributed by atoms with Gasteiger partial charge in [-0.2, -0.15) is 13.2 Å². The summed E-state index contributed by atoms with van der Waals surface area (Å²) in [5, 5.41) is 21.6. The minimum Gasteiger partial charge on any atom is -0.475 e. The summed E-state index contributed by atoms with van der Waals surface area (Å²) in [5.41, 5.74) is 14.0. The van der Waals surface area contributed by atoms with Gasteiger partial charge < -0.3 is 27.1 Å². The molecule has 0 aliphatic carbocycles. The number of aromatic nitrogens is 1. The number of halogens is 3. The van der Waals surface area contributed by atoms with Gasteiger partial charge in [-0.1, -0.05) is 12.1 Å². The number of sulfonamides is 1. The Morgan fingerprint density at radius 1 is 1.21 bits per heavy atom. The van der Waals surface area contributed by atoms with Crippen LogP contribution in [0.25, 0.3) is 0 Å². The first kappa shape index (κ1) is 32.1. The van der Waals surface area contributed by atoms with Crippen LogP contribution in [0.3, 0.4) is 0 Å². The number of oxime groups is 1. The number of nitrogens with one attached hydrogen (secondary N) is 1. The highest BCUT2D eigenvalue weighted by atomic mass is 32.2. The number of primary amides is 1. The number of alkyl halides is 3. The predicted molar refractivity (Wildman–Crippen MR) is 128 cm³/mol. The molecule has 0 saturated heterocycles. The van der Waals surface area contributed by atoms with E-state index in [2.05, 4.69) is 5.16 Å². The molecule has 1 unspecified atom stereocenters. The average molecular weight is 581 g/mol. The van der Waals surface area contributed by atoms with Crippen molar-refractivity contribution in [1.82, 2.24) is 4.57 Å². The lowest BCUT2D eigenvalue weighted by Gasteiger charge is -2.20. The number of carbonyl (C=O) groups excluding carboxylic acids is 1. The molecule has 0 spiro atoms. The van der Waals surface area contributed by atoms with Crippen molar-refractivity contribution in [3.8, 4) is 0 Å². The van der Waals surface area contributed by atoms with E-state index in [0.29, 0.717) is 5.69 Å². The van der Waals surface area contributed by atoms with Crippen LogP contribution in [0.15, 0.2) is 51.2 Å². The predicted octanol–water partition coefficient (Wildman–Crippen LogP) is 0.121. The number of carboxylic acid groups (broad SMARTS) is 1. The van der Waals surface area contributed by atoms with Gasteiger partial charge in [-0.25, -0.2) is 13.2 Å². The van der Waals surface area contributed by atoms with Gasteiger partial charge in [0.25, 0.3) is 21.3 Å². The molecule has 0 aliphatic heterocycles. The van der Waals surface area contributed by atoms with Crippen molar-refractivity contribution in [1.29, 1.82) is 0 Å². The van der Waals surface area contributed by atoms with E-state index in [-0.39, 0.29) is 19.0 Å². The van der Waals surface area contributed by atoms with E-state index < -0.39 is 60.9 Å². The third kappa shape index (κ3) is 9.18. The van der Waals surface area contributed by atoms with Crippen molar-refractivity contribution in [2.24, 2.45) is 22.4 Å². The van der Waals surface area contributed by atoms with Crippen molar-refractivity contribution in [3.63, 3.8) is 0 Å². The molecular formula is C19H22F3N7O9S. The number of para-hydroxylation sites is 1. The number of carbonyl (C=O) groups is 2. The van der Waals surface area contributed by atoms with Crippen LogP contribution in [0.1, 0.15) is 18.2 Å². The fraction of sp³-hybridized carbons (Fsp3) is 0.263. The van der Waals surface area contributed by atoms with Gasteiger partial charge in [0.2, 0.25) is 11.9 Å². The maximum atomic E-state index is 13.0. The Kier molecular flexibility index (Phi) is 10.8. The Morgan fingerprint density at radius 2 is 1.77 bits per heavy atom. The number of pyridine rings is 1. The number of guanidine groups is 1. The fourth-order valence-corrected chi connectivity index (χ4v) is 4.06. The number of rotatable bonds is 10. The summed E-state index contributed by atoms with van der Waals surface area (Å²) in [6, 6.07) is 5.99. The summed E-state index contributed by atoms with van der Waals surface area (Å²) in [4.78, 5) is 48.4. The Labute approximate surface area is 217 Å². The SMILES string of the molecule is Cc1ccc(NS(=O)(=O)c2ccccc2[N+](=O)[O-])c(=O)n1C(CCON=C(N)N)C(N)=O.O=C(O)C(F)(F)F. The van der Waals surface area contributed by atoms with Gasteiger partial charge >= 0.3 is 12.1 Å². The Morgan fingerprint density at radius 3 is 2.26 bits per heavy atom. The summed E-state index contributed by atoms with van der Waals surface area (Å²) in [5.74, 6) is -3.99. The second kappa shape index (κ2) is 13.1. The van der Waals surface area contributed by atoms with E-state index in [1.54, 1.807) is 0 Å². The zero-order valence-corrected chi connectivity index (χ0v) is 20.6. The van der Waals surface area contributed by atoms with E-state index in [0.717, 1.165) is 16.7 Å². The van der Waals surface area contributed by atoms with Gasteiger partial charge in [-0.05, 0) is 30.3 Å². The molecule has 1 atom stereocenters. The summed E-state index contributed by atoms with van der Waals surface area (Å²) in [7, 11) is -4.51. The molecule has 0 radical (unpaired) electrons. The number of benzene rings is 1. The lowest BCUT2D eigenvalue weighted by Crippen LogP contribution is -2.37. The molecule has 0 fully saturated rings. The lowest BCUT2D eigenvalue weighted by atomic mass is 10.1. The summed E-state index contributed by atoms with van der Waals surface area (Å²) < 4.78 is 60.2. The third-order valence-corrected chi connectivity index (χ3v) is 5.86. The van der Waals surface area contributed by atoms with Gasteiger partial charge in [0.05, 0.1) is 4.92 Å². The number of hydrogen-bond acceptors (Lipinski definition) is 9. The molecule has 2 rings (SSSR count). The molecule has 0 aliphatic rings. The van der Waals surface area contributed by atoms with E-state index in [1.165, 1.54) is 31.2 Å². The molecule has 1 aromatic carbocycles. The van der Waals surface area contributed by atoms with Crippen molar-refractivity contribution in [2.45, 2.75) is 30.5 Å². The van der Waals surface area contributed by atoms with Crippen LogP contribution in [0.2, 0.25) is 0 Å². The van der Waals surface area contributed by atoms with Crippen molar-refractivity contribution < 1.29 is 46.0 Å². The number of nitro groups is 1. The minimum absolute atomic E-state index is 0.104. The number of aryl methyl sites for hydroxylation is 1. The van der Waals surface area contributed by atoms with Crippen LogP contribution in [-0.2, 0) is 24.4 Å². The van der Waals surface area contributed by atoms with E-state index in [9.17, 15) is 41.3 Å². The average Bonchev–Trinajstić information content (AvgIpc) is 2.81. The molecule has 16 nitrogen and oxygen atoms in total. The molecule has 2 aromatic rings. The molecule has 8 N–H and O–H groups in total. The number of nitrogens with two attached hydrogens (primary N) is 3. The zero-order chi connectivity index (χ0) is 30.1. The first-order valence-electron chi connectivity index (χ1n) is 10.2. The number of aliphatic carboxylic acids is 1.